The number of fused-ring (bicyclic) bond motifs is 1. The van der Waals surface area contributed by atoms with Crippen molar-refractivity contribution in [3.05, 3.63) is 101 Å². The molecule has 0 unspecified atom stereocenters. The maximum Gasteiger partial charge on any atom is 0.295 e. The molecule has 1 aromatic heterocycles. The first-order valence-corrected chi connectivity index (χ1v) is 10.0. The summed E-state index contributed by atoms with van der Waals surface area (Å²) in [5, 5.41) is 6.90. The Morgan fingerprint density at radius 1 is 0.879 bits per heavy atom. The van der Waals surface area contributed by atoms with Crippen LogP contribution in [0.1, 0.15) is 37.2 Å². The van der Waals surface area contributed by atoms with E-state index in [4.69, 9.17) is 0 Å². The molecule has 5 rings (SSSR count). The highest BCUT2D eigenvalue weighted by Gasteiger charge is 2.36. The van der Waals surface area contributed by atoms with Crippen LogP contribution < -0.4 is 10.2 Å². The van der Waals surface area contributed by atoms with Gasteiger partial charge in [-0.05, 0) is 61.5 Å². The fourth-order valence-corrected chi connectivity index (χ4v) is 3.65. The highest BCUT2D eigenvalue weighted by molar-refractivity contribution is 6.34. The smallest absolute Gasteiger partial charge is 0.295 e. The molecule has 0 radical (unpaired) electrons. The van der Waals surface area contributed by atoms with Gasteiger partial charge < -0.3 is 5.32 Å². The highest BCUT2D eigenvalue weighted by atomic mass is 19.1. The third-order valence-electron chi connectivity index (χ3n) is 5.20. The van der Waals surface area contributed by atoms with Gasteiger partial charge in [-0.25, -0.2) is 19.0 Å². The minimum absolute atomic E-state index is 0.0806. The second-order valence-electron chi connectivity index (χ2n) is 7.37. The van der Waals surface area contributed by atoms with Crippen molar-refractivity contribution in [2.45, 2.75) is 6.92 Å². The van der Waals surface area contributed by atoms with Gasteiger partial charge in [-0.2, -0.15) is 0 Å². The Kier molecular flexibility index (Phi) is 4.78. The molecule has 0 saturated heterocycles. The van der Waals surface area contributed by atoms with E-state index in [9.17, 15) is 18.8 Å². The summed E-state index contributed by atoms with van der Waals surface area (Å²) in [6.07, 6.45) is 0. The third kappa shape index (κ3) is 3.55. The fourth-order valence-electron chi connectivity index (χ4n) is 3.65. The fraction of sp³-hybridized carbons (Fsp3) is 0.0417. The van der Waals surface area contributed by atoms with Gasteiger partial charge >= 0.3 is 0 Å². The number of benzene rings is 3. The summed E-state index contributed by atoms with van der Waals surface area (Å²) in [6.45, 7) is 1.68. The van der Waals surface area contributed by atoms with Gasteiger partial charge in [0.2, 0.25) is 5.82 Å². The molecule has 1 aliphatic heterocycles. The molecular formula is C24H16FN5O3. The Balaban J connectivity index is 1.38. The van der Waals surface area contributed by atoms with E-state index >= 15 is 0 Å². The van der Waals surface area contributed by atoms with Crippen molar-refractivity contribution in [2.24, 2.45) is 0 Å². The zero-order valence-electron chi connectivity index (χ0n) is 17.3. The maximum atomic E-state index is 13.2. The van der Waals surface area contributed by atoms with Crippen LogP contribution >= 0.6 is 0 Å². The van der Waals surface area contributed by atoms with Crippen LogP contribution in [0.5, 0.6) is 0 Å². The predicted octanol–water partition coefficient (Wildman–Crippen LogP) is 3.77. The van der Waals surface area contributed by atoms with Crippen molar-refractivity contribution in [1.82, 2.24) is 14.8 Å². The van der Waals surface area contributed by atoms with Crippen molar-refractivity contribution in [3.8, 4) is 5.69 Å². The Bertz CT molecular complexity index is 1390. The number of nitrogens with one attached hydrogen (secondary N) is 1. The first kappa shape index (κ1) is 20.3. The van der Waals surface area contributed by atoms with Gasteiger partial charge in [-0.1, -0.05) is 18.2 Å². The first-order chi connectivity index (χ1) is 15.9. The van der Waals surface area contributed by atoms with Gasteiger partial charge in [0, 0.05) is 5.69 Å². The van der Waals surface area contributed by atoms with E-state index in [2.05, 4.69) is 15.4 Å². The summed E-state index contributed by atoms with van der Waals surface area (Å²) in [5.41, 5.74) is 1.93. The number of carbonyl (C=O) groups is 3. The number of hydrogen-bond donors (Lipinski definition) is 1. The first-order valence-electron chi connectivity index (χ1n) is 10.0. The van der Waals surface area contributed by atoms with Gasteiger partial charge in [0.15, 0.2) is 0 Å². The van der Waals surface area contributed by atoms with Crippen LogP contribution in [0, 0.1) is 12.7 Å². The summed E-state index contributed by atoms with van der Waals surface area (Å²) < 4.78 is 14.6. The molecule has 0 spiro atoms. The Hall–Kier alpha value is -4.66. The van der Waals surface area contributed by atoms with E-state index in [0.717, 1.165) is 4.90 Å². The molecule has 1 N–H and O–H groups in total. The van der Waals surface area contributed by atoms with Crippen LogP contribution in [-0.2, 0) is 0 Å². The average molecular weight is 441 g/mol. The van der Waals surface area contributed by atoms with E-state index in [-0.39, 0.29) is 11.6 Å². The standard InChI is InChI=1S/C24H16FN5O3/c1-14-26-21(28-30(14)17-11-9-15(25)10-12-17)22(31)27-16-5-4-6-18(13-16)29-23(32)19-7-2-3-8-20(19)24(29)33/h2-13H,1H3,(H,27,31). The van der Waals surface area contributed by atoms with Gasteiger partial charge in [0.25, 0.3) is 17.7 Å². The molecule has 3 aromatic carbocycles. The van der Waals surface area contributed by atoms with Crippen molar-refractivity contribution in [1.29, 1.82) is 0 Å². The van der Waals surface area contributed by atoms with Crippen molar-refractivity contribution >= 4 is 29.1 Å². The van der Waals surface area contributed by atoms with Crippen molar-refractivity contribution < 1.29 is 18.8 Å². The van der Waals surface area contributed by atoms with E-state index < -0.39 is 17.7 Å². The minimum Gasteiger partial charge on any atom is -0.319 e. The van der Waals surface area contributed by atoms with Crippen LogP contribution in [0.2, 0.25) is 0 Å². The van der Waals surface area contributed by atoms with Gasteiger partial charge in [-0.3, -0.25) is 14.4 Å². The van der Waals surface area contributed by atoms with Crippen molar-refractivity contribution in [2.75, 3.05) is 10.2 Å². The monoisotopic (exact) mass is 441 g/mol. The van der Waals surface area contributed by atoms with Crippen LogP contribution in [0.3, 0.4) is 0 Å². The molecule has 8 nitrogen and oxygen atoms in total. The second-order valence-corrected chi connectivity index (χ2v) is 7.37. The third-order valence-corrected chi connectivity index (χ3v) is 5.20. The maximum absolute atomic E-state index is 13.2. The number of hydrogen-bond acceptors (Lipinski definition) is 5. The number of anilines is 2. The van der Waals surface area contributed by atoms with Crippen molar-refractivity contribution in [3.63, 3.8) is 0 Å². The molecule has 33 heavy (non-hydrogen) atoms. The lowest BCUT2D eigenvalue weighted by Gasteiger charge is -2.15. The second kappa shape index (κ2) is 7.79. The number of aryl methyl sites for hydroxylation is 1. The topological polar surface area (TPSA) is 97.2 Å². The summed E-state index contributed by atoms with van der Waals surface area (Å²) in [4.78, 5) is 43.5. The Morgan fingerprint density at radius 2 is 1.55 bits per heavy atom. The Labute approximate surface area is 187 Å². The molecule has 0 saturated carbocycles. The highest BCUT2D eigenvalue weighted by Crippen LogP contribution is 2.29. The molecule has 0 bridgehead atoms. The number of nitrogens with zero attached hydrogens (tertiary/aromatic N) is 4. The zero-order valence-corrected chi connectivity index (χ0v) is 17.3. The van der Waals surface area contributed by atoms with Gasteiger partial charge in [0.05, 0.1) is 22.5 Å². The lowest BCUT2D eigenvalue weighted by atomic mass is 10.1. The van der Waals surface area contributed by atoms with E-state index in [1.165, 1.54) is 35.0 Å². The Morgan fingerprint density at radius 3 is 2.21 bits per heavy atom. The number of halogens is 1. The van der Waals surface area contributed by atoms with Crippen LogP contribution in [0.25, 0.3) is 5.69 Å². The normalized spacial score (nSPS) is 12.7. The van der Waals surface area contributed by atoms with Gasteiger partial charge in [-0.15, -0.1) is 5.10 Å². The molecule has 1 aliphatic rings. The molecule has 3 amide bonds. The molecule has 4 aromatic rings. The zero-order chi connectivity index (χ0) is 23.1. The number of imide groups is 1. The predicted molar refractivity (Wildman–Crippen MR) is 118 cm³/mol. The lowest BCUT2D eigenvalue weighted by molar-refractivity contribution is 0.0925. The number of rotatable bonds is 4. The summed E-state index contributed by atoms with van der Waals surface area (Å²) in [7, 11) is 0. The molecule has 2 heterocycles. The van der Waals surface area contributed by atoms with Gasteiger partial charge in [0.1, 0.15) is 11.6 Å². The van der Waals surface area contributed by atoms with E-state index in [0.29, 0.717) is 34.0 Å². The molecular weight excluding hydrogens is 425 g/mol. The summed E-state index contributed by atoms with van der Waals surface area (Å²) in [5.74, 6) is -1.43. The summed E-state index contributed by atoms with van der Waals surface area (Å²) >= 11 is 0. The molecule has 162 valence electrons. The SMILES string of the molecule is Cc1nc(C(=O)Nc2cccc(N3C(=O)c4ccccc4C3=O)c2)nn1-c1ccc(F)cc1. The largest absolute Gasteiger partial charge is 0.319 e. The number of carbonyl (C=O) groups excluding carboxylic acids is 3. The van der Waals surface area contributed by atoms with Crippen LogP contribution in [0.15, 0.2) is 72.8 Å². The molecule has 0 aliphatic carbocycles. The molecule has 0 fully saturated rings. The van der Waals surface area contributed by atoms with E-state index in [1.807, 2.05) is 0 Å². The lowest BCUT2D eigenvalue weighted by Crippen LogP contribution is -2.29. The van der Waals surface area contributed by atoms with Crippen LogP contribution in [-0.4, -0.2) is 32.5 Å². The van der Waals surface area contributed by atoms with E-state index in [1.54, 1.807) is 49.4 Å². The number of amides is 3. The summed E-state index contributed by atoms with van der Waals surface area (Å²) in [6, 6.07) is 18.7. The minimum atomic E-state index is -0.571. The number of aromatic nitrogens is 3. The molecule has 0 atom stereocenters. The van der Waals surface area contributed by atoms with Crippen LogP contribution in [0.4, 0.5) is 15.8 Å². The quantitative estimate of drug-likeness (QED) is 0.487. The molecule has 9 heteroatoms. The average Bonchev–Trinajstić information content (AvgIpc) is 3.32.